The van der Waals surface area contributed by atoms with Crippen LogP contribution in [0.15, 0.2) is 76.5 Å². The van der Waals surface area contributed by atoms with E-state index in [4.69, 9.17) is 27.9 Å². The van der Waals surface area contributed by atoms with Gasteiger partial charge in [0, 0.05) is 21.4 Å². The lowest BCUT2D eigenvalue weighted by Crippen LogP contribution is -2.31. The minimum absolute atomic E-state index is 0.132. The molecule has 0 saturated heterocycles. The number of nitrogens with zero attached hydrogens (tertiary/aromatic N) is 1. The van der Waals surface area contributed by atoms with Gasteiger partial charge in [0.05, 0.1) is 28.5 Å². The van der Waals surface area contributed by atoms with Crippen LogP contribution in [-0.2, 0) is 14.3 Å². The van der Waals surface area contributed by atoms with Crippen LogP contribution in [0.3, 0.4) is 0 Å². The van der Waals surface area contributed by atoms with Crippen molar-refractivity contribution < 1.29 is 14.3 Å². The molecule has 0 aliphatic carbocycles. The monoisotopic (exact) mass is 486 g/mol. The van der Waals surface area contributed by atoms with Crippen molar-refractivity contribution in [3.63, 3.8) is 0 Å². The number of amides is 1. The normalized spacial score (nSPS) is 13.0. The number of hydrogen-bond acceptors (Lipinski definition) is 5. The van der Waals surface area contributed by atoms with E-state index in [1.165, 1.54) is 13.0 Å². The van der Waals surface area contributed by atoms with Crippen molar-refractivity contribution in [3.05, 3.63) is 76.8 Å². The van der Waals surface area contributed by atoms with Gasteiger partial charge in [-0.25, -0.2) is 0 Å². The van der Waals surface area contributed by atoms with E-state index in [2.05, 4.69) is 22.3 Å². The Morgan fingerprint density at radius 2 is 1.62 bits per heavy atom. The van der Waals surface area contributed by atoms with E-state index in [9.17, 15) is 9.59 Å². The number of esters is 1. The number of ether oxygens (including phenoxy) is 1. The van der Waals surface area contributed by atoms with Crippen LogP contribution in [-0.4, -0.2) is 24.5 Å². The molecule has 1 aliphatic heterocycles. The van der Waals surface area contributed by atoms with E-state index in [-0.39, 0.29) is 6.42 Å². The molecule has 32 heavy (non-hydrogen) atoms. The van der Waals surface area contributed by atoms with Crippen LogP contribution in [0.4, 0.5) is 17.1 Å². The van der Waals surface area contributed by atoms with Gasteiger partial charge in [0.15, 0.2) is 6.10 Å². The summed E-state index contributed by atoms with van der Waals surface area (Å²) in [5, 5.41) is 3.43. The molecule has 0 spiro atoms. The molecule has 0 aromatic heterocycles. The minimum Gasteiger partial charge on any atom is -0.452 e. The number of fused-ring (bicyclic) bond motifs is 2. The Labute approximate surface area is 200 Å². The first kappa shape index (κ1) is 22.5. The van der Waals surface area contributed by atoms with Crippen LogP contribution in [0.25, 0.3) is 0 Å². The molecule has 1 atom stereocenters. The Kier molecular flexibility index (Phi) is 6.94. The standard InChI is InChI=1S/C24H20Cl2N2O3S/c1-15(24(30)27-18-11-10-16(25)14-17(18)26)31-23(29)12-13-28-19-6-2-4-8-21(19)32-22-9-5-3-7-20(22)28/h2-11,14-15H,12-13H2,1H3,(H,27,30). The van der Waals surface area contributed by atoms with Gasteiger partial charge in [-0.05, 0) is 49.4 Å². The predicted molar refractivity (Wildman–Crippen MR) is 129 cm³/mol. The van der Waals surface area contributed by atoms with Crippen LogP contribution >= 0.6 is 35.0 Å². The van der Waals surface area contributed by atoms with E-state index in [0.717, 1.165) is 21.2 Å². The summed E-state index contributed by atoms with van der Waals surface area (Å²) < 4.78 is 5.36. The number of rotatable bonds is 6. The molecule has 4 rings (SSSR count). The van der Waals surface area contributed by atoms with Gasteiger partial charge in [-0.3, -0.25) is 9.59 Å². The van der Waals surface area contributed by atoms with E-state index in [0.29, 0.717) is 22.3 Å². The number of para-hydroxylation sites is 2. The van der Waals surface area contributed by atoms with Gasteiger partial charge in [-0.15, -0.1) is 0 Å². The molecule has 0 saturated carbocycles. The Morgan fingerprint density at radius 1 is 1.00 bits per heavy atom. The first-order chi connectivity index (χ1) is 15.4. The topological polar surface area (TPSA) is 58.6 Å². The predicted octanol–water partition coefficient (Wildman–Crippen LogP) is 6.56. The zero-order valence-corrected chi connectivity index (χ0v) is 19.5. The zero-order valence-electron chi connectivity index (χ0n) is 17.2. The van der Waals surface area contributed by atoms with Crippen molar-refractivity contribution in [3.8, 4) is 0 Å². The second-order valence-electron chi connectivity index (χ2n) is 7.18. The van der Waals surface area contributed by atoms with Gasteiger partial charge in [-0.1, -0.05) is 59.2 Å². The first-order valence-electron chi connectivity index (χ1n) is 10.0. The van der Waals surface area contributed by atoms with Crippen molar-refractivity contribution in [2.24, 2.45) is 0 Å². The van der Waals surface area contributed by atoms with Crippen LogP contribution in [0.5, 0.6) is 0 Å². The molecule has 1 N–H and O–H groups in total. The SMILES string of the molecule is CC(OC(=O)CCN1c2ccccc2Sc2ccccc21)C(=O)Nc1ccc(Cl)cc1Cl. The molecule has 1 unspecified atom stereocenters. The van der Waals surface area contributed by atoms with Crippen molar-refractivity contribution in [2.45, 2.75) is 29.2 Å². The second kappa shape index (κ2) is 9.86. The molecule has 8 heteroatoms. The van der Waals surface area contributed by atoms with E-state index in [1.807, 2.05) is 36.4 Å². The van der Waals surface area contributed by atoms with Gasteiger partial charge in [-0.2, -0.15) is 0 Å². The largest absolute Gasteiger partial charge is 0.452 e. The number of hydrogen-bond donors (Lipinski definition) is 1. The van der Waals surface area contributed by atoms with Crippen LogP contribution in [0.2, 0.25) is 10.0 Å². The van der Waals surface area contributed by atoms with E-state index >= 15 is 0 Å². The van der Waals surface area contributed by atoms with Gasteiger partial charge in [0.25, 0.3) is 5.91 Å². The molecule has 1 heterocycles. The average Bonchev–Trinajstić information content (AvgIpc) is 2.78. The third kappa shape index (κ3) is 5.04. The molecular formula is C24H20Cl2N2O3S. The lowest BCUT2D eigenvalue weighted by atomic mass is 10.2. The molecule has 0 bridgehead atoms. The third-order valence-corrected chi connectivity index (χ3v) is 6.62. The summed E-state index contributed by atoms with van der Waals surface area (Å²) >= 11 is 13.7. The van der Waals surface area contributed by atoms with Gasteiger partial charge >= 0.3 is 5.97 Å². The Bertz CT molecular complexity index is 1130. The Balaban J connectivity index is 1.38. The second-order valence-corrected chi connectivity index (χ2v) is 9.11. The van der Waals surface area contributed by atoms with Crippen LogP contribution < -0.4 is 10.2 Å². The Hall–Kier alpha value is -2.67. The number of benzene rings is 3. The molecule has 1 amide bonds. The van der Waals surface area contributed by atoms with Crippen molar-refractivity contribution in [1.29, 1.82) is 0 Å². The quantitative estimate of drug-likeness (QED) is 0.400. The summed E-state index contributed by atoms with van der Waals surface area (Å²) in [5.74, 6) is -0.921. The molecule has 3 aromatic rings. The lowest BCUT2D eigenvalue weighted by molar-refractivity contribution is -0.152. The summed E-state index contributed by atoms with van der Waals surface area (Å²) in [7, 11) is 0. The highest BCUT2D eigenvalue weighted by Crippen LogP contribution is 2.47. The van der Waals surface area contributed by atoms with E-state index < -0.39 is 18.0 Å². The molecule has 0 radical (unpaired) electrons. The number of carbonyl (C=O) groups is 2. The van der Waals surface area contributed by atoms with Crippen molar-refractivity contribution in [1.82, 2.24) is 0 Å². The highest BCUT2D eigenvalue weighted by molar-refractivity contribution is 7.99. The first-order valence-corrected chi connectivity index (χ1v) is 11.6. The number of anilines is 3. The highest BCUT2D eigenvalue weighted by atomic mass is 35.5. The van der Waals surface area contributed by atoms with Crippen LogP contribution in [0.1, 0.15) is 13.3 Å². The molecule has 3 aromatic carbocycles. The maximum Gasteiger partial charge on any atom is 0.308 e. The molecule has 1 aliphatic rings. The minimum atomic E-state index is -0.967. The summed E-state index contributed by atoms with van der Waals surface area (Å²) in [5.41, 5.74) is 2.50. The summed E-state index contributed by atoms with van der Waals surface area (Å²) in [6.07, 6.45) is -0.835. The summed E-state index contributed by atoms with van der Waals surface area (Å²) in [6.45, 7) is 1.96. The van der Waals surface area contributed by atoms with E-state index in [1.54, 1.807) is 23.9 Å². The van der Waals surface area contributed by atoms with Gasteiger partial charge in [0.2, 0.25) is 0 Å². The van der Waals surface area contributed by atoms with Crippen molar-refractivity contribution in [2.75, 3.05) is 16.8 Å². The zero-order chi connectivity index (χ0) is 22.7. The van der Waals surface area contributed by atoms with Gasteiger partial charge in [0.1, 0.15) is 0 Å². The summed E-state index contributed by atoms with van der Waals surface area (Å²) in [4.78, 5) is 29.3. The Morgan fingerprint density at radius 3 is 2.25 bits per heavy atom. The van der Waals surface area contributed by atoms with Crippen molar-refractivity contribution >= 4 is 63.9 Å². The maximum atomic E-state index is 12.5. The highest BCUT2D eigenvalue weighted by Gasteiger charge is 2.24. The summed E-state index contributed by atoms with van der Waals surface area (Å²) in [6, 6.07) is 20.9. The smallest absolute Gasteiger partial charge is 0.308 e. The fourth-order valence-electron chi connectivity index (χ4n) is 3.36. The number of halogens is 2. The fraction of sp³-hybridized carbons (Fsp3) is 0.167. The van der Waals surface area contributed by atoms with Gasteiger partial charge < -0.3 is 15.0 Å². The van der Waals surface area contributed by atoms with Crippen LogP contribution in [0, 0.1) is 0 Å². The molecule has 164 valence electrons. The maximum absolute atomic E-state index is 12.5. The molecule has 5 nitrogen and oxygen atoms in total. The number of carbonyl (C=O) groups excluding carboxylic acids is 2. The number of nitrogens with one attached hydrogen (secondary N) is 1. The molecule has 0 fully saturated rings. The fourth-order valence-corrected chi connectivity index (χ4v) is 4.91. The average molecular weight is 487 g/mol. The lowest BCUT2D eigenvalue weighted by Gasteiger charge is -2.32. The third-order valence-electron chi connectivity index (χ3n) is 4.94. The molecular weight excluding hydrogens is 467 g/mol.